The van der Waals surface area contributed by atoms with Crippen LogP contribution in [0.1, 0.15) is 32.1 Å². The number of amides is 1. The first-order valence-corrected chi connectivity index (χ1v) is 9.91. The van der Waals surface area contributed by atoms with Gasteiger partial charge < -0.3 is 4.98 Å². The van der Waals surface area contributed by atoms with E-state index in [1.807, 2.05) is 35.3 Å². The van der Waals surface area contributed by atoms with Gasteiger partial charge in [-0.15, -0.1) is 5.11 Å². The van der Waals surface area contributed by atoms with E-state index >= 15 is 0 Å². The van der Waals surface area contributed by atoms with Crippen molar-refractivity contribution in [1.82, 2.24) is 20.5 Å². The van der Waals surface area contributed by atoms with Gasteiger partial charge in [-0.05, 0) is 23.6 Å². The van der Waals surface area contributed by atoms with Crippen molar-refractivity contribution in [1.29, 1.82) is 0 Å². The van der Waals surface area contributed by atoms with Gasteiger partial charge in [-0.1, -0.05) is 61.5 Å². The Kier molecular flexibility index (Phi) is 5.58. The highest BCUT2D eigenvalue weighted by atomic mass is 16.5. The van der Waals surface area contributed by atoms with Crippen LogP contribution in [-0.4, -0.2) is 32.6 Å². The fourth-order valence-electron chi connectivity index (χ4n) is 3.70. The lowest BCUT2D eigenvalue weighted by Crippen LogP contribution is -2.27. The van der Waals surface area contributed by atoms with E-state index in [1.54, 1.807) is 11.6 Å². The number of para-hydroxylation sites is 1. The van der Waals surface area contributed by atoms with Crippen LogP contribution in [0.5, 0.6) is 0 Å². The molecule has 3 N–H and O–H groups in total. The molecule has 1 aromatic heterocycles. The zero-order valence-electron chi connectivity index (χ0n) is 16.9. The molecule has 2 heterocycles. The number of carbonyl (C=O) groups is 1. The van der Waals surface area contributed by atoms with Crippen molar-refractivity contribution in [3.63, 3.8) is 0 Å². The monoisotopic (exact) mass is 404 g/mol. The molecule has 0 fully saturated rings. The van der Waals surface area contributed by atoms with Gasteiger partial charge in [0.15, 0.2) is 0 Å². The van der Waals surface area contributed by atoms with Crippen molar-refractivity contribution in [3.8, 4) is 11.1 Å². The first-order chi connectivity index (χ1) is 14.6. The number of aromatic amines is 1. The van der Waals surface area contributed by atoms with Crippen molar-refractivity contribution in [2.45, 2.75) is 26.3 Å². The number of imidazole rings is 1. The summed E-state index contributed by atoms with van der Waals surface area (Å²) in [4.78, 5) is 19.7. The summed E-state index contributed by atoms with van der Waals surface area (Å²) in [6.45, 7) is 4.71. The number of H-pyrrole nitrogens is 1. The summed E-state index contributed by atoms with van der Waals surface area (Å²) in [5.41, 5.74) is 6.41. The van der Waals surface area contributed by atoms with Crippen LogP contribution in [-0.2, 0) is 4.79 Å². The summed E-state index contributed by atoms with van der Waals surface area (Å²) in [6, 6.07) is 16.2. The highest BCUT2D eigenvalue weighted by Crippen LogP contribution is 2.34. The highest BCUT2D eigenvalue weighted by Gasteiger charge is 2.30. The van der Waals surface area contributed by atoms with E-state index in [0.717, 1.165) is 28.0 Å². The van der Waals surface area contributed by atoms with E-state index in [-0.39, 0.29) is 18.4 Å². The molecule has 8 nitrogen and oxygen atoms in total. The maximum Gasteiger partial charge on any atom is 0.247 e. The number of hydroxylamine groups is 1. The Hall–Kier alpha value is -3.52. The van der Waals surface area contributed by atoms with Crippen molar-refractivity contribution < 1.29 is 10.0 Å². The topological polar surface area (TPSA) is 106 Å². The van der Waals surface area contributed by atoms with E-state index in [2.05, 4.69) is 47.4 Å². The second-order valence-electron chi connectivity index (χ2n) is 7.60. The van der Waals surface area contributed by atoms with Crippen molar-refractivity contribution in [3.05, 3.63) is 66.1 Å². The Balaban J connectivity index is 1.64. The number of rotatable bonds is 6. The predicted molar refractivity (Wildman–Crippen MR) is 113 cm³/mol. The molecule has 1 aliphatic rings. The second kappa shape index (κ2) is 8.46. The van der Waals surface area contributed by atoms with Gasteiger partial charge in [-0.2, -0.15) is 0 Å². The van der Waals surface area contributed by atoms with Gasteiger partial charge in [0.05, 0.1) is 23.3 Å². The molecule has 2 aromatic carbocycles. The predicted octanol–water partition coefficient (Wildman–Crippen LogP) is 4.39. The molecule has 154 valence electrons. The molecule has 0 radical (unpaired) electrons. The van der Waals surface area contributed by atoms with E-state index in [9.17, 15) is 4.79 Å². The molecule has 30 heavy (non-hydrogen) atoms. The average Bonchev–Trinajstić information content (AvgIpc) is 3.39. The van der Waals surface area contributed by atoms with Crippen LogP contribution in [0.3, 0.4) is 0 Å². The summed E-state index contributed by atoms with van der Waals surface area (Å²) in [7, 11) is 0. The number of nitrogens with one attached hydrogen (secondary N) is 2. The number of hydrogen-bond donors (Lipinski definition) is 3. The molecule has 1 amide bonds. The summed E-state index contributed by atoms with van der Waals surface area (Å²) in [6.07, 6.45) is 1.72. The molecular weight excluding hydrogens is 380 g/mol. The first kappa shape index (κ1) is 19.8. The minimum Gasteiger partial charge on any atom is -0.340 e. The Bertz CT molecular complexity index is 1100. The molecule has 4 rings (SSSR count). The fourth-order valence-corrected chi connectivity index (χ4v) is 3.70. The van der Waals surface area contributed by atoms with Crippen LogP contribution >= 0.6 is 0 Å². The van der Waals surface area contributed by atoms with Gasteiger partial charge >= 0.3 is 0 Å². The summed E-state index contributed by atoms with van der Waals surface area (Å²) >= 11 is 0. The van der Waals surface area contributed by atoms with Crippen molar-refractivity contribution >= 4 is 16.9 Å². The second-order valence-corrected chi connectivity index (χ2v) is 7.60. The quantitative estimate of drug-likeness (QED) is 0.418. The number of benzene rings is 2. The molecule has 1 atom stereocenters. The number of carbonyl (C=O) groups excluding carboxylic acids is 1. The fraction of sp³-hybridized carbons (Fsp3) is 0.273. The summed E-state index contributed by atoms with van der Waals surface area (Å²) in [5.74, 6) is 0.573. The largest absolute Gasteiger partial charge is 0.340 e. The van der Waals surface area contributed by atoms with Gasteiger partial charge in [0, 0.05) is 12.0 Å². The lowest BCUT2D eigenvalue weighted by Gasteiger charge is -2.26. The lowest BCUT2D eigenvalue weighted by atomic mass is 10.0. The number of aromatic nitrogens is 2. The zero-order chi connectivity index (χ0) is 21.1. The first-order valence-electron chi connectivity index (χ1n) is 9.91. The van der Waals surface area contributed by atoms with Crippen LogP contribution < -0.4 is 5.48 Å². The Morgan fingerprint density at radius 3 is 2.77 bits per heavy atom. The Labute approximate surface area is 174 Å². The van der Waals surface area contributed by atoms with Gasteiger partial charge in [-0.3, -0.25) is 15.0 Å². The SMILES string of the molecule is CC(C)C(c1nc2c(-c3ccccc3)cccc2[nH]1)N1C/C(=C/CC(=O)NO)N=N1. The lowest BCUT2D eigenvalue weighted by molar-refractivity contribution is -0.128. The maximum absolute atomic E-state index is 11.3. The molecule has 8 heteroatoms. The molecule has 0 spiro atoms. The number of nitrogens with zero attached hydrogens (tertiary/aromatic N) is 4. The standard InChI is InChI=1S/C22H24N6O2/c1-14(2)21(28-13-16(25-27-28)11-12-19(29)26-30)22-23-18-10-6-9-17(20(18)24-22)15-7-4-3-5-8-15/h3-11,14,21,30H,12-13H2,1-2H3,(H,23,24)(H,26,29)/b16-11-. The van der Waals surface area contributed by atoms with Crippen LogP contribution in [0.2, 0.25) is 0 Å². The highest BCUT2D eigenvalue weighted by molar-refractivity contribution is 5.92. The zero-order valence-corrected chi connectivity index (χ0v) is 16.9. The number of hydrogen-bond acceptors (Lipinski definition) is 6. The Morgan fingerprint density at radius 2 is 2.03 bits per heavy atom. The van der Waals surface area contributed by atoms with Crippen LogP contribution in [0, 0.1) is 5.92 Å². The smallest absolute Gasteiger partial charge is 0.247 e. The summed E-state index contributed by atoms with van der Waals surface area (Å²) < 4.78 is 0. The van der Waals surface area contributed by atoms with E-state index in [1.165, 1.54) is 0 Å². The third-order valence-electron chi connectivity index (χ3n) is 5.11. The minimum atomic E-state index is -0.484. The third kappa shape index (κ3) is 3.95. The van der Waals surface area contributed by atoms with Crippen molar-refractivity contribution in [2.75, 3.05) is 6.54 Å². The molecule has 0 saturated heterocycles. The molecular formula is C22H24N6O2. The number of fused-ring (bicyclic) bond motifs is 1. The normalized spacial score (nSPS) is 16.0. The molecule has 1 unspecified atom stereocenters. The van der Waals surface area contributed by atoms with Crippen LogP contribution in [0.15, 0.2) is 70.6 Å². The minimum absolute atomic E-state index is 0.0517. The molecule has 0 bridgehead atoms. The molecule has 0 saturated carbocycles. The third-order valence-corrected chi connectivity index (χ3v) is 5.11. The molecule has 1 aliphatic heterocycles. The van der Waals surface area contributed by atoms with E-state index in [4.69, 9.17) is 10.2 Å². The van der Waals surface area contributed by atoms with Crippen LogP contribution in [0.25, 0.3) is 22.2 Å². The molecule has 3 aromatic rings. The summed E-state index contributed by atoms with van der Waals surface area (Å²) in [5, 5.41) is 19.0. The average molecular weight is 404 g/mol. The molecule has 0 aliphatic carbocycles. The van der Waals surface area contributed by atoms with Gasteiger partial charge in [0.2, 0.25) is 5.91 Å². The van der Waals surface area contributed by atoms with Gasteiger partial charge in [0.1, 0.15) is 11.9 Å². The van der Waals surface area contributed by atoms with Crippen LogP contribution in [0.4, 0.5) is 0 Å². The van der Waals surface area contributed by atoms with E-state index < -0.39 is 5.91 Å². The van der Waals surface area contributed by atoms with E-state index in [0.29, 0.717) is 12.2 Å². The van der Waals surface area contributed by atoms with Crippen molar-refractivity contribution in [2.24, 2.45) is 16.3 Å². The van der Waals surface area contributed by atoms with Gasteiger partial charge in [0.25, 0.3) is 0 Å². The van der Waals surface area contributed by atoms with Gasteiger partial charge in [-0.25, -0.2) is 10.5 Å². The Morgan fingerprint density at radius 1 is 1.23 bits per heavy atom. The maximum atomic E-state index is 11.3.